The van der Waals surface area contributed by atoms with E-state index in [1.165, 1.54) is 6.92 Å². The zero-order chi connectivity index (χ0) is 14.5. The van der Waals surface area contributed by atoms with Crippen LogP contribution in [0.5, 0.6) is 5.75 Å². The van der Waals surface area contributed by atoms with Crippen LogP contribution < -0.4 is 15.4 Å². The second-order valence-corrected chi connectivity index (χ2v) is 5.90. The maximum atomic E-state index is 12.0. The van der Waals surface area contributed by atoms with Crippen molar-refractivity contribution in [3.05, 3.63) is 23.3 Å². The second-order valence-electron chi connectivity index (χ2n) is 5.90. The van der Waals surface area contributed by atoms with Crippen molar-refractivity contribution >= 4 is 11.6 Å². The van der Waals surface area contributed by atoms with E-state index in [1.807, 2.05) is 19.1 Å². The highest BCUT2D eigenvalue weighted by Gasteiger charge is 2.40. The van der Waals surface area contributed by atoms with Crippen LogP contribution in [-0.2, 0) is 17.6 Å². The molecule has 0 radical (unpaired) electrons. The molecule has 1 aromatic rings. The predicted molar refractivity (Wildman–Crippen MR) is 76.0 cm³/mol. The van der Waals surface area contributed by atoms with E-state index < -0.39 is 5.60 Å². The third kappa shape index (κ3) is 1.98. The number of β-amino-alcohol motifs (C(OH)–C–C–N with tert-alkyl or cyclic N) is 1. The van der Waals surface area contributed by atoms with E-state index in [9.17, 15) is 9.90 Å². The first-order valence-corrected chi connectivity index (χ1v) is 6.95. The van der Waals surface area contributed by atoms with E-state index in [2.05, 4.69) is 0 Å². The van der Waals surface area contributed by atoms with Gasteiger partial charge in [0.25, 0.3) is 0 Å². The Morgan fingerprint density at radius 3 is 2.90 bits per heavy atom. The number of carbonyl (C=O) groups is 1. The van der Waals surface area contributed by atoms with E-state index in [-0.39, 0.29) is 25.1 Å². The third-order valence-corrected chi connectivity index (χ3v) is 4.12. The lowest BCUT2D eigenvalue weighted by Gasteiger charge is -2.40. The lowest BCUT2D eigenvalue weighted by Crippen LogP contribution is -2.54. The average molecular weight is 276 g/mol. The van der Waals surface area contributed by atoms with Crippen molar-refractivity contribution in [2.45, 2.75) is 38.4 Å². The largest absolute Gasteiger partial charge is 0.488 e. The molecule has 2 unspecified atom stereocenters. The number of hydrogen-bond donors (Lipinski definition) is 2. The molecule has 20 heavy (non-hydrogen) atoms. The third-order valence-electron chi connectivity index (χ3n) is 4.12. The van der Waals surface area contributed by atoms with Crippen LogP contribution in [0.15, 0.2) is 12.1 Å². The molecule has 0 aliphatic carbocycles. The summed E-state index contributed by atoms with van der Waals surface area (Å²) in [6, 6.07) is 4.00. The van der Waals surface area contributed by atoms with Crippen LogP contribution in [-0.4, -0.2) is 35.8 Å². The van der Waals surface area contributed by atoms with Crippen LogP contribution in [0.4, 0.5) is 5.69 Å². The predicted octanol–water partition coefficient (Wildman–Crippen LogP) is 0.609. The van der Waals surface area contributed by atoms with Crippen LogP contribution >= 0.6 is 0 Å². The smallest absolute Gasteiger partial charge is 0.224 e. The number of hydrogen-bond acceptors (Lipinski definition) is 4. The Morgan fingerprint density at radius 2 is 2.25 bits per heavy atom. The molecule has 0 bridgehead atoms. The van der Waals surface area contributed by atoms with Gasteiger partial charge < -0.3 is 20.5 Å². The minimum Gasteiger partial charge on any atom is -0.488 e. The molecule has 108 valence electrons. The Labute approximate surface area is 118 Å². The van der Waals surface area contributed by atoms with Crippen molar-refractivity contribution in [3.63, 3.8) is 0 Å². The molecule has 2 heterocycles. The fraction of sp³-hybridized carbons (Fsp3) is 0.533. The average Bonchev–Trinajstić information content (AvgIpc) is 2.77. The molecule has 0 saturated heterocycles. The standard InChI is InChI=1S/C15H20N2O3/c1-9-5-11-3-4-12-6-15(19,7-16)8-17(10(2)18)13(12)14(11)20-9/h3-4,9,19H,5-8,16H2,1-2H3. The summed E-state index contributed by atoms with van der Waals surface area (Å²) in [5.41, 5.74) is 7.48. The molecule has 2 atom stereocenters. The molecule has 5 heteroatoms. The zero-order valence-electron chi connectivity index (χ0n) is 11.8. The Kier molecular flexibility index (Phi) is 2.99. The van der Waals surface area contributed by atoms with Gasteiger partial charge in [0, 0.05) is 26.3 Å². The number of nitrogens with two attached hydrogens (primary N) is 1. The molecule has 2 aliphatic rings. The van der Waals surface area contributed by atoms with Gasteiger partial charge in [-0.2, -0.15) is 0 Å². The first-order valence-electron chi connectivity index (χ1n) is 6.95. The minimum atomic E-state index is -1.06. The quantitative estimate of drug-likeness (QED) is 0.788. The summed E-state index contributed by atoms with van der Waals surface area (Å²) in [6.07, 6.45) is 1.43. The molecule has 3 N–H and O–H groups in total. The molecule has 1 amide bonds. The van der Waals surface area contributed by atoms with Crippen LogP contribution in [0.2, 0.25) is 0 Å². The Balaban J connectivity index is 2.13. The number of rotatable bonds is 1. The first kappa shape index (κ1) is 13.4. The fourth-order valence-electron chi connectivity index (χ4n) is 3.13. The number of aliphatic hydroxyl groups is 1. The van der Waals surface area contributed by atoms with Crippen LogP contribution in [0, 0.1) is 0 Å². The summed E-state index contributed by atoms with van der Waals surface area (Å²) in [7, 11) is 0. The molecular formula is C15H20N2O3. The van der Waals surface area contributed by atoms with Crippen molar-refractivity contribution < 1.29 is 14.6 Å². The highest BCUT2D eigenvalue weighted by molar-refractivity contribution is 5.95. The highest BCUT2D eigenvalue weighted by Crippen LogP contribution is 2.44. The van der Waals surface area contributed by atoms with Gasteiger partial charge in [-0.1, -0.05) is 12.1 Å². The molecule has 1 aromatic carbocycles. The Morgan fingerprint density at radius 1 is 1.55 bits per heavy atom. The molecule has 5 nitrogen and oxygen atoms in total. The van der Waals surface area contributed by atoms with Gasteiger partial charge in [-0.25, -0.2) is 0 Å². The number of fused-ring (bicyclic) bond motifs is 3. The maximum Gasteiger partial charge on any atom is 0.224 e. The summed E-state index contributed by atoms with van der Waals surface area (Å²) in [5.74, 6) is 0.693. The molecule has 0 aromatic heterocycles. The maximum absolute atomic E-state index is 12.0. The number of ether oxygens (including phenoxy) is 1. The van der Waals surface area contributed by atoms with E-state index in [4.69, 9.17) is 10.5 Å². The highest BCUT2D eigenvalue weighted by atomic mass is 16.5. The SMILES string of the molecule is CC(=O)N1CC(O)(CN)Cc2ccc3c(c21)OC(C)C3. The summed E-state index contributed by atoms with van der Waals surface area (Å²) < 4.78 is 5.88. The second kappa shape index (κ2) is 4.46. The fourth-order valence-corrected chi connectivity index (χ4v) is 3.13. The van der Waals surface area contributed by atoms with Gasteiger partial charge in [0.1, 0.15) is 11.9 Å². The summed E-state index contributed by atoms with van der Waals surface area (Å²) in [4.78, 5) is 13.6. The number of amides is 1. The Hall–Kier alpha value is -1.59. The van der Waals surface area contributed by atoms with Gasteiger partial charge in [-0.15, -0.1) is 0 Å². The van der Waals surface area contributed by atoms with E-state index in [1.54, 1.807) is 4.90 Å². The Bertz CT molecular complexity index is 572. The lowest BCUT2D eigenvalue weighted by molar-refractivity contribution is -0.117. The normalized spacial score (nSPS) is 27.8. The summed E-state index contributed by atoms with van der Waals surface area (Å²) >= 11 is 0. The molecule has 0 spiro atoms. The first-order chi connectivity index (χ1) is 9.43. The van der Waals surface area contributed by atoms with Crippen LogP contribution in [0.25, 0.3) is 0 Å². The topological polar surface area (TPSA) is 75.8 Å². The number of anilines is 1. The van der Waals surface area contributed by atoms with Gasteiger partial charge in [-0.05, 0) is 18.1 Å². The molecule has 2 aliphatic heterocycles. The van der Waals surface area contributed by atoms with Gasteiger partial charge >= 0.3 is 0 Å². The van der Waals surface area contributed by atoms with Crippen molar-refractivity contribution in [1.29, 1.82) is 0 Å². The van der Waals surface area contributed by atoms with Crippen LogP contribution in [0.1, 0.15) is 25.0 Å². The zero-order valence-corrected chi connectivity index (χ0v) is 11.8. The van der Waals surface area contributed by atoms with E-state index >= 15 is 0 Å². The van der Waals surface area contributed by atoms with Crippen LogP contribution in [0.3, 0.4) is 0 Å². The van der Waals surface area contributed by atoms with Gasteiger partial charge in [-0.3, -0.25) is 4.79 Å². The monoisotopic (exact) mass is 276 g/mol. The molecule has 0 saturated carbocycles. The molecule has 3 rings (SSSR count). The number of carbonyl (C=O) groups excluding carboxylic acids is 1. The van der Waals surface area contributed by atoms with E-state index in [0.717, 1.165) is 29.0 Å². The van der Waals surface area contributed by atoms with Crippen molar-refractivity contribution in [3.8, 4) is 5.75 Å². The summed E-state index contributed by atoms with van der Waals surface area (Å²) in [5, 5.41) is 10.5. The van der Waals surface area contributed by atoms with Crippen molar-refractivity contribution in [2.24, 2.45) is 5.73 Å². The summed E-state index contributed by atoms with van der Waals surface area (Å²) in [6.45, 7) is 3.87. The van der Waals surface area contributed by atoms with Crippen molar-refractivity contribution in [2.75, 3.05) is 18.0 Å². The van der Waals surface area contributed by atoms with Gasteiger partial charge in [0.05, 0.1) is 17.8 Å². The van der Waals surface area contributed by atoms with E-state index in [0.29, 0.717) is 6.42 Å². The van der Waals surface area contributed by atoms with Crippen molar-refractivity contribution in [1.82, 2.24) is 0 Å². The van der Waals surface area contributed by atoms with Gasteiger partial charge in [0.2, 0.25) is 5.91 Å². The minimum absolute atomic E-state index is 0.102. The number of benzene rings is 1. The number of nitrogens with zero attached hydrogens (tertiary/aromatic N) is 1. The molecule has 0 fully saturated rings. The lowest BCUT2D eigenvalue weighted by atomic mass is 9.87. The van der Waals surface area contributed by atoms with Gasteiger partial charge in [0.15, 0.2) is 0 Å². The molecular weight excluding hydrogens is 256 g/mol.